The molecule has 2 amide bonds. The Hall–Kier alpha value is -2.86. The molecule has 0 atom stereocenters. The molecule has 0 unspecified atom stereocenters. The Bertz CT molecular complexity index is 876. The summed E-state index contributed by atoms with van der Waals surface area (Å²) in [6, 6.07) is 12.7. The van der Waals surface area contributed by atoms with Crippen molar-refractivity contribution in [3.05, 3.63) is 59.2 Å². The zero-order chi connectivity index (χ0) is 19.6. The third-order valence-corrected chi connectivity index (χ3v) is 4.97. The van der Waals surface area contributed by atoms with Gasteiger partial charge in [0.25, 0.3) is 5.91 Å². The molecule has 0 aliphatic carbocycles. The SMILES string of the molecule is COc1ccccc1CN(CCO)C(=O)c1ccc2c(c1)NC(=O)C2(C)C. The second kappa shape index (κ2) is 7.40. The predicted molar refractivity (Wildman–Crippen MR) is 103 cm³/mol. The van der Waals surface area contributed by atoms with Crippen molar-refractivity contribution in [1.82, 2.24) is 4.90 Å². The zero-order valence-corrected chi connectivity index (χ0v) is 15.8. The standard InChI is InChI=1S/C21H24N2O4/c1-21(2)16-9-8-14(12-17(16)22-20(21)26)19(25)23(10-11-24)13-15-6-4-5-7-18(15)27-3/h4-9,12,24H,10-11,13H2,1-3H3,(H,22,26). The van der Waals surface area contributed by atoms with Gasteiger partial charge in [0.2, 0.25) is 5.91 Å². The Morgan fingerprint density at radius 3 is 2.67 bits per heavy atom. The largest absolute Gasteiger partial charge is 0.496 e. The minimum atomic E-state index is -0.612. The molecule has 3 rings (SSSR count). The van der Waals surface area contributed by atoms with Crippen molar-refractivity contribution < 1.29 is 19.4 Å². The number of carbonyl (C=O) groups is 2. The first kappa shape index (κ1) is 18.9. The summed E-state index contributed by atoms with van der Waals surface area (Å²) < 4.78 is 5.36. The average Bonchev–Trinajstić information content (AvgIpc) is 2.89. The van der Waals surface area contributed by atoms with Crippen molar-refractivity contribution in [3.63, 3.8) is 0 Å². The van der Waals surface area contributed by atoms with Crippen LogP contribution in [0.2, 0.25) is 0 Å². The third-order valence-electron chi connectivity index (χ3n) is 4.97. The number of para-hydroxylation sites is 1. The van der Waals surface area contributed by atoms with Crippen molar-refractivity contribution in [3.8, 4) is 5.75 Å². The first-order valence-electron chi connectivity index (χ1n) is 8.86. The molecule has 2 aromatic carbocycles. The van der Waals surface area contributed by atoms with Gasteiger partial charge in [-0.05, 0) is 37.6 Å². The number of nitrogens with zero attached hydrogens (tertiary/aromatic N) is 1. The number of amides is 2. The highest BCUT2D eigenvalue weighted by Gasteiger charge is 2.38. The molecule has 0 spiro atoms. The van der Waals surface area contributed by atoms with E-state index in [-0.39, 0.29) is 25.0 Å². The monoisotopic (exact) mass is 368 g/mol. The Balaban J connectivity index is 1.88. The number of aliphatic hydroxyl groups excluding tert-OH is 1. The summed E-state index contributed by atoms with van der Waals surface area (Å²) in [6.07, 6.45) is 0. The van der Waals surface area contributed by atoms with Gasteiger partial charge in [0.15, 0.2) is 0 Å². The van der Waals surface area contributed by atoms with Crippen LogP contribution in [0.15, 0.2) is 42.5 Å². The third kappa shape index (κ3) is 3.53. The summed E-state index contributed by atoms with van der Waals surface area (Å²) >= 11 is 0. The van der Waals surface area contributed by atoms with Crippen LogP contribution in [0.3, 0.4) is 0 Å². The van der Waals surface area contributed by atoms with Gasteiger partial charge in [-0.1, -0.05) is 24.3 Å². The van der Waals surface area contributed by atoms with Gasteiger partial charge in [0.1, 0.15) is 5.75 Å². The van der Waals surface area contributed by atoms with Crippen LogP contribution in [0.1, 0.15) is 35.3 Å². The van der Waals surface area contributed by atoms with Gasteiger partial charge in [0.05, 0.1) is 19.1 Å². The molecule has 2 aromatic rings. The van der Waals surface area contributed by atoms with Crippen LogP contribution >= 0.6 is 0 Å². The number of aliphatic hydroxyl groups is 1. The average molecular weight is 368 g/mol. The molecule has 27 heavy (non-hydrogen) atoms. The number of ether oxygens (including phenoxy) is 1. The van der Waals surface area contributed by atoms with Gasteiger partial charge in [0, 0.05) is 29.9 Å². The van der Waals surface area contributed by atoms with Gasteiger partial charge in [-0.2, -0.15) is 0 Å². The predicted octanol–water partition coefficient (Wildman–Crippen LogP) is 2.56. The second-order valence-corrected chi connectivity index (χ2v) is 7.10. The topological polar surface area (TPSA) is 78.9 Å². The first-order chi connectivity index (χ1) is 12.9. The highest BCUT2D eigenvalue weighted by Crippen LogP contribution is 2.37. The first-order valence-corrected chi connectivity index (χ1v) is 8.86. The lowest BCUT2D eigenvalue weighted by molar-refractivity contribution is -0.119. The molecule has 1 heterocycles. The quantitative estimate of drug-likeness (QED) is 0.821. The minimum absolute atomic E-state index is 0.0802. The van der Waals surface area contributed by atoms with Crippen LogP contribution in [0.5, 0.6) is 5.75 Å². The normalized spacial score (nSPS) is 14.4. The Morgan fingerprint density at radius 2 is 1.96 bits per heavy atom. The van der Waals surface area contributed by atoms with Crippen LogP contribution in [0.25, 0.3) is 0 Å². The van der Waals surface area contributed by atoms with E-state index in [1.807, 2.05) is 44.2 Å². The number of benzene rings is 2. The number of rotatable bonds is 6. The molecular formula is C21H24N2O4. The van der Waals surface area contributed by atoms with E-state index in [2.05, 4.69) is 5.32 Å². The van der Waals surface area contributed by atoms with Crippen molar-refractivity contribution in [2.24, 2.45) is 0 Å². The van der Waals surface area contributed by atoms with E-state index in [0.29, 0.717) is 23.5 Å². The van der Waals surface area contributed by atoms with E-state index in [4.69, 9.17) is 4.74 Å². The number of anilines is 1. The Morgan fingerprint density at radius 1 is 1.22 bits per heavy atom. The summed E-state index contributed by atoms with van der Waals surface area (Å²) in [7, 11) is 1.59. The van der Waals surface area contributed by atoms with E-state index in [0.717, 1.165) is 11.1 Å². The summed E-state index contributed by atoms with van der Waals surface area (Å²) in [5.74, 6) is 0.399. The maximum atomic E-state index is 13.0. The Labute approximate surface area is 158 Å². The Kier molecular flexibility index (Phi) is 5.19. The molecule has 2 N–H and O–H groups in total. The fourth-order valence-electron chi connectivity index (χ4n) is 3.32. The molecule has 0 saturated heterocycles. The highest BCUT2D eigenvalue weighted by atomic mass is 16.5. The fraction of sp³-hybridized carbons (Fsp3) is 0.333. The van der Waals surface area contributed by atoms with Crippen molar-refractivity contribution in [2.45, 2.75) is 25.8 Å². The summed E-state index contributed by atoms with van der Waals surface area (Å²) in [4.78, 5) is 26.7. The molecule has 6 nitrogen and oxygen atoms in total. The van der Waals surface area contributed by atoms with Crippen LogP contribution in [-0.2, 0) is 16.8 Å². The van der Waals surface area contributed by atoms with Crippen LogP contribution in [-0.4, -0.2) is 42.1 Å². The van der Waals surface area contributed by atoms with Crippen LogP contribution in [0.4, 0.5) is 5.69 Å². The molecule has 0 fully saturated rings. The summed E-state index contributed by atoms with van der Waals surface area (Å²) in [6.45, 7) is 4.09. The molecule has 0 aromatic heterocycles. The van der Waals surface area contributed by atoms with Gasteiger partial charge in [-0.25, -0.2) is 0 Å². The molecular weight excluding hydrogens is 344 g/mol. The maximum Gasteiger partial charge on any atom is 0.254 e. The van der Waals surface area contributed by atoms with Crippen molar-refractivity contribution >= 4 is 17.5 Å². The molecule has 1 aliphatic rings. The maximum absolute atomic E-state index is 13.0. The zero-order valence-electron chi connectivity index (χ0n) is 15.8. The summed E-state index contributed by atoms with van der Waals surface area (Å²) in [5.41, 5.74) is 2.26. The lowest BCUT2D eigenvalue weighted by atomic mass is 9.86. The minimum Gasteiger partial charge on any atom is -0.496 e. The van der Waals surface area contributed by atoms with E-state index >= 15 is 0 Å². The van der Waals surface area contributed by atoms with Gasteiger partial charge >= 0.3 is 0 Å². The molecule has 0 saturated carbocycles. The summed E-state index contributed by atoms with van der Waals surface area (Å²) in [5, 5.41) is 12.3. The van der Waals surface area contributed by atoms with E-state index in [1.54, 1.807) is 24.1 Å². The van der Waals surface area contributed by atoms with E-state index < -0.39 is 5.41 Å². The molecule has 0 radical (unpaired) electrons. The van der Waals surface area contributed by atoms with E-state index in [9.17, 15) is 14.7 Å². The number of hydrogen-bond donors (Lipinski definition) is 2. The van der Waals surface area contributed by atoms with Crippen LogP contribution in [0, 0.1) is 0 Å². The molecule has 6 heteroatoms. The molecule has 1 aliphatic heterocycles. The van der Waals surface area contributed by atoms with Crippen molar-refractivity contribution in [1.29, 1.82) is 0 Å². The molecule has 0 bridgehead atoms. The highest BCUT2D eigenvalue weighted by molar-refractivity contribution is 6.07. The van der Waals surface area contributed by atoms with Gasteiger partial charge < -0.3 is 20.1 Å². The number of carbonyl (C=O) groups excluding carboxylic acids is 2. The number of hydrogen-bond acceptors (Lipinski definition) is 4. The second-order valence-electron chi connectivity index (χ2n) is 7.10. The lowest BCUT2D eigenvalue weighted by Gasteiger charge is -2.23. The van der Waals surface area contributed by atoms with Gasteiger partial charge in [-0.3, -0.25) is 9.59 Å². The van der Waals surface area contributed by atoms with Crippen LogP contribution < -0.4 is 10.1 Å². The molecule has 142 valence electrons. The fourth-order valence-corrected chi connectivity index (χ4v) is 3.32. The van der Waals surface area contributed by atoms with Gasteiger partial charge in [-0.15, -0.1) is 0 Å². The van der Waals surface area contributed by atoms with E-state index in [1.165, 1.54) is 0 Å². The number of fused-ring (bicyclic) bond motifs is 1. The lowest BCUT2D eigenvalue weighted by Crippen LogP contribution is -2.33. The smallest absolute Gasteiger partial charge is 0.254 e. The van der Waals surface area contributed by atoms with Crippen molar-refractivity contribution in [2.75, 3.05) is 25.6 Å². The number of methoxy groups -OCH3 is 1. The number of nitrogens with one attached hydrogen (secondary N) is 1.